The van der Waals surface area contributed by atoms with Gasteiger partial charge in [0.05, 0.1) is 17.6 Å². The lowest BCUT2D eigenvalue weighted by Gasteiger charge is -2.29. The molecule has 5 heteroatoms. The zero-order valence-electron chi connectivity index (χ0n) is 19.0. The average Bonchev–Trinajstić information content (AvgIpc) is 3.38. The highest BCUT2D eigenvalue weighted by Crippen LogP contribution is 2.44. The molecule has 2 aliphatic rings. The molecule has 0 radical (unpaired) electrons. The highest BCUT2D eigenvalue weighted by molar-refractivity contribution is 6.10. The number of rotatable bonds is 4. The van der Waals surface area contributed by atoms with Gasteiger partial charge in [0.25, 0.3) is 0 Å². The molecule has 5 nitrogen and oxygen atoms in total. The molecule has 2 atom stereocenters. The number of hydrogen-bond acceptors (Lipinski definition) is 5. The molecule has 0 fully saturated rings. The molecule has 2 N–H and O–H groups in total. The molecule has 0 unspecified atom stereocenters. The molecule has 0 amide bonds. The Morgan fingerprint density at radius 3 is 2.31 bits per heavy atom. The van der Waals surface area contributed by atoms with Crippen molar-refractivity contribution in [3.8, 4) is 0 Å². The predicted octanol–water partition coefficient (Wildman–Crippen LogP) is 6.49. The molecule has 1 aromatic heterocycles. The van der Waals surface area contributed by atoms with Crippen molar-refractivity contribution in [2.45, 2.75) is 24.8 Å². The van der Waals surface area contributed by atoms with Crippen LogP contribution in [0.5, 0.6) is 0 Å². The summed E-state index contributed by atoms with van der Waals surface area (Å²) in [6.07, 6.45) is 2.76. The fourth-order valence-electron chi connectivity index (χ4n) is 5.08. The number of nitrogens with one attached hydrogen (secondary N) is 2. The van der Waals surface area contributed by atoms with Crippen LogP contribution in [0.2, 0.25) is 0 Å². The van der Waals surface area contributed by atoms with E-state index in [1.54, 1.807) is 6.26 Å². The van der Waals surface area contributed by atoms with E-state index in [4.69, 9.17) is 4.42 Å². The first-order chi connectivity index (χ1) is 17.2. The summed E-state index contributed by atoms with van der Waals surface area (Å²) in [4.78, 5) is 26.7. The zero-order chi connectivity index (χ0) is 23.8. The highest BCUT2D eigenvalue weighted by Gasteiger charge is 2.37. The van der Waals surface area contributed by atoms with Crippen molar-refractivity contribution in [1.29, 1.82) is 0 Å². The normalized spacial score (nSPS) is 19.1. The Morgan fingerprint density at radius 1 is 0.800 bits per heavy atom. The van der Waals surface area contributed by atoms with Gasteiger partial charge in [0.2, 0.25) is 0 Å². The van der Waals surface area contributed by atoms with Crippen molar-refractivity contribution in [3.05, 3.63) is 131 Å². The van der Waals surface area contributed by atoms with Crippen LogP contribution in [-0.2, 0) is 4.79 Å². The van der Waals surface area contributed by atoms with Gasteiger partial charge in [-0.05, 0) is 48.2 Å². The number of Topliss-reactive ketones (excluding diaryl/α,β-unsaturated/α-hetero) is 1. The summed E-state index contributed by atoms with van der Waals surface area (Å²) >= 11 is 0. The molecule has 2 heterocycles. The number of fused-ring (bicyclic) bond motifs is 1. The van der Waals surface area contributed by atoms with Crippen LogP contribution in [-0.4, -0.2) is 11.6 Å². The zero-order valence-corrected chi connectivity index (χ0v) is 19.0. The second kappa shape index (κ2) is 8.76. The third kappa shape index (κ3) is 3.95. The molecular weight excluding hydrogens is 436 g/mol. The third-order valence-electron chi connectivity index (χ3n) is 6.80. The van der Waals surface area contributed by atoms with Crippen LogP contribution in [0.3, 0.4) is 0 Å². The molecule has 1 aliphatic carbocycles. The first-order valence-electron chi connectivity index (χ1n) is 11.8. The largest absolute Gasteiger partial charge is 0.467 e. The van der Waals surface area contributed by atoms with E-state index in [9.17, 15) is 9.59 Å². The molecule has 0 saturated carbocycles. The van der Waals surface area contributed by atoms with Gasteiger partial charge in [-0.2, -0.15) is 0 Å². The number of benzene rings is 3. The van der Waals surface area contributed by atoms with Crippen molar-refractivity contribution in [3.63, 3.8) is 0 Å². The van der Waals surface area contributed by atoms with Crippen LogP contribution in [0.15, 0.2) is 113 Å². The number of carbonyl (C=O) groups is 2. The number of furan rings is 1. The first kappa shape index (κ1) is 21.2. The van der Waals surface area contributed by atoms with E-state index < -0.39 is 6.04 Å². The lowest BCUT2D eigenvalue weighted by atomic mass is 9.79. The standard InChI is InChI=1S/C30H24N2O3/c33-26-18-22(19-8-3-1-4-9-19)17-25-28(26)29(27-12-7-15-35-27)32-23-14-13-21(16-24(23)31-25)30(34)20-10-5-2-6-11-20/h1-16,22,29,31-32H,17-18H2/t22-,29+/m0/s1. The molecule has 0 saturated heterocycles. The Balaban J connectivity index is 1.42. The summed E-state index contributed by atoms with van der Waals surface area (Å²) in [7, 11) is 0. The molecule has 3 aromatic carbocycles. The van der Waals surface area contributed by atoms with Crippen molar-refractivity contribution in [1.82, 2.24) is 0 Å². The van der Waals surface area contributed by atoms with Crippen LogP contribution in [0.25, 0.3) is 0 Å². The highest BCUT2D eigenvalue weighted by atomic mass is 16.3. The molecule has 6 rings (SSSR count). The summed E-state index contributed by atoms with van der Waals surface area (Å²) < 4.78 is 5.74. The maximum absolute atomic E-state index is 13.5. The Labute approximate surface area is 203 Å². The first-order valence-corrected chi connectivity index (χ1v) is 11.8. The summed E-state index contributed by atoms with van der Waals surface area (Å²) in [5.74, 6) is 0.819. The van der Waals surface area contributed by atoms with Gasteiger partial charge in [0.1, 0.15) is 11.8 Å². The molecular formula is C30H24N2O3. The van der Waals surface area contributed by atoms with Crippen LogP contribution >= 0.6 is 0 Å². The number of anilines is 2. The molecule has 0 bridgehead atoms. The SMILES string of the molecule is O=C1C[C@@H](c2ccccc2)CC2=C1[C@@H](c1ccco1)Nc1ccc(C(=O)c3ccccc3)cc1N2. The van der Waals surface area contributed by atoms with Gasteiger partial charge in [0, 0.05) is 28.8 Å². The fraction of sp³-hybridized carbons (Fsp3) is 0.133. The number of carbonyl (C=O) groups excluding carboxylic acids is 2. The molecule has 4 aromatic rings. The topological polar surface area (TPSA) is 71.3 Å². The van der Waals surface area contributed by atoms with Gasteiger partial charge in [-0.15, -0.1) is 0 Å². The van der Waals surface area contributed by atoms with Gasteiger partial charge in [-0.1, -0.05) is 60.7 Å². The van der Waals surface area contributed by atoms with E-state index in [1.807, 2.05) is 78.9 Å². The second-order valence-corrected chi connectivity index (χ2v) is 9.00. The van der Waals surface area contributed by atoms with Crippen LogP contribution in [0.4, 0.5) is 11.4 Å². The van der Waals surface area contributed by atoms with E-state index in [-0.39, 0.29) is 17.5 Å². The van der Waals surface area contributed by atoms with Crippen LogP contribution < -0.4 is 10.6 Å². The van der Waals surface area contributed by atoms with Gasteiger partial charge in [0.15, 0.2) is 11.6 Å². The minimum atomic E-state index is -0.409. The maximum Gasteiger partial charge on any atom is 0.193 e. The third-order valence-corrected chi connectivity index (χ3v) is 6.80. The lowest BCUT2D eigenvalue weighted by molar-refractivity contribution is -0.116. The number of hydrogen-bond donors (Lipinski definition) is 2. The number of ketones is 2. The van der Waals surface area contributed by atoms with E-state index in [0.717, 1.165) is 22.6 Å². The quantitative estimate of drug-likeness (QED) is 0.341. The van der Waals surface area contributed by atoms with Gasteiger partial charge in [-0.3, -0.25) is 9.59 Å². The van der Waals surface area contributed by atoms with Crippen LogP contribution in [0.1, 0.15) is 52.0 Å². The van der Waals surface area contributed by atoms with E-state index >= 15 is 0 Å². The Hall–Kier alpha value is -4.38. The second-order valence-electron chi connectivity index (χ2n) is 9.00. The smallest absolute Gasteiger partial charge is 0.193 e. The molecule has 35 heavy (non-hydrogen) atoms. The molecule has 172 valence electrons. The predicted molar refractivity (Wildman–Crippen MR) is 135 cm³/mol. The van der Waals surface area contributed by atoms with E-state index in [0.29, 0.717) is 35.3 Å². The summed E-state index contributed by atoms with van der Waals surface area (Å²) in [6, 6.07) is 28.3. The van der Waals surface area contributed by atoms with Gasteiger partial charge in [-0.25, -0.2) is 0 Å². The van der Waals surface area contributed by atoms with E-state index in [2.05, 4.69) is 22.8 Å². The maximum atomic E-state index is 13.5. The summed E-state index contributed by atoms with van der Waals surface area (Å²) in [6.45, 7) is 0. The van der Waals surface area contributed by atoms with Crippen molar-refractivity contribution in [2.75, 3.05) is 10.6 Å². The minimum absolute atomic E-state index is 0.0434. The van der Waals surface area contributed by atoms with Gasteiger partial charge < -0.3 is 15.1 Å². The van der Waals surface area contributed by atoms with Crippen molar-refractivity contribution in [2.24, 2.45) is 0 Å². The fourth-order valence-corrected chi connectivity index (χ4v) is 5.08. The van der Waals surface area contributed by atoms with Crippen LogP contribution in [0, 0.1) is 0 Å². The summed E-state index contributed by atoms with van der Waals surface area (Å²) in [5.41, 5.74) is 5.52. The van der Waals surface area contributed by atoms with E-state index in [1.165, 1.54) is 0 Å². The average molecular weight is 461 g/mol. The summed E-state index contributed by atoms with van der Waals surface area (Å²) in [5, 5.41) is 7.04. The van der Waals surface area contributed by atoms with Crippen molar-refractivity contribution >= 4 is 22.9 Å². The Kier molecular flexibility index (Phi) is 5.30. The number of allylic oxidation sites excluding steroid dienone is 1. The Bertz CT molecular complexity index is 1420. The lowest BCUT2D eigenvalue weighted by Crippen LogP contribution is -2.26. The molecule has 1 aliphatic heterocycles. The Morgan fingerprint density at radius 2 is 1.57 bits per heavy atom. The van der Waals surface area contributed by atoms with Crippen molar-refractivity contribution < 1.29 is 14.0 Å². The monoisotopic (exact) mass is 460 g/mol. The molecule has 0 spiro atoms. The minimum Gasteiger partial charge on any atom is -0.467 e. The van der Waals surface area contributed by atoms with Gasteiger partial charge >= 0.3 is 0 Å².